The Labute approximate surface area is 92.7 Å². The van der Waals surface area contributed by atoms with Crippen LogP contribution in [0.1, 0.15) is 39.5 Å². The Hall–Kier alpha value is -1.05. The minimum absolute atomic E-state index is 0.242. The standard InChI is InChI=1S/C13H21NO/c1-4-6-7-11(5-2)10-13(15)14(3)12-8-9-12/h5-7,12H,4,8-10H2,1-3H3/b7-6-,11-5+. The highest BCUT2D eigenvalue weighted by molar-refractivity contribution is 5.79. The summed E-state index contributed by atoms with van der Waals surface area (Å²) >= 11 is 0. The number of allylic oxidation sites excluding steroid dienone is 3. The lowest BCUT2D eigenvalue weighted by atomic mass is 10.1. The zero-order valence-corrected chi connectivity index (χ0v) is 9.99. The lowest BCUT2D eigenvalue weighted by molar-refractivity contribution is -0.129. The highest BCUT2D eigenvalue weighted by Gasteiger charge is 2.29. The SMILES string of the molecule is C/C=C(\C=C/CC)CC(=O)N(C)C1CC1. The molecule has 1 rings (SSSR count). The molecular weight excluding hydrogens is 186 g/mol. The van der Waals surface area contributed by atoms with Gasteiger partial charge in [-0.2, -0.15) is 0 Å². The fourth-order valence-electron chi connectivity index (χ4n) is 1.49. The van der Waals surface area contributed by atoms with Gasteiger partial charge >= 0.3 is 0 Å². The molecular formula is C13H21NO. The molecule has 1 aliphatic carbocycles. The van der Waals surface area contributed by atoms with Crippen LogP contribution >= 0.6 is 0 Å². The van der Waals surface area contributed by atoms with Crippen molar-refractivity contribution in [2.75, 3.05) is 7.05 Å². The Balaban J connectivity index is 2.44. The van der Waals surface area contributed by atoms with Crippen LogP contribution in [0.2, 0.25) is 0 Å². The summed E-state index contributed by atoms with van der Waals surface area (Å²) < 4.78 is 0. The smallest absolute Gasteiger partial charge is 0.226 e. The molecule has 0 aromatic carbocycles. The Morgan fingerprint density at radius 1 is 1.47 bits per heavy atom. The predicted molar refractivity (Wildman–Crippen MR) is 63.6 cm³/mol. The van der Waals surface area contributed by atoms with Gasteiger partial charge in [0.2, 0.25) is 5.91 Å². The topological polar surface area (TPSA) is 20.3 Å². The Morgan fingerprint density at radius 2 is 2.13 bits per heavy atom. The van der Waals surface area contributed by atoms with Gasteiger partial charge in [-0.1, -0.05) is 25.2 Å². The minimum atomic E-state index is 0.242. The van der Waals surface area contributed by atoms with Crippen molar-refractivity contribution >= 4 is 5.91 Å². The van der Waals surface area contributed by atoms with Crippen LogP contribution in [0, 0.1) is 0 Å². The number of carbonyl (C=O) groups is 1. The molecule has 1 saturated carbocycles. The van der Waals surface area contributed by atoms with Crippen molar-refractivity contribution in [1.82, 2.24) is 4.90 Å². The second kappa shape index (κ2) is 5.74. The van der Waals surface area contributed by atoms with E-state index in [1.807, 2.05) is 24.9 Å². The molecule has 2 nitrogen and oxygen atoms in total. The second-order valence-corrected chi connectivity index (χ2v) is 4.09. The molecule has 0 saturated heterocycles. The van der Waals surface area contributed by atoms with Crippen LogP contribution in [0.4, 0.5) is 0 Å². The predicted octanol–water partition coefficient (Wildman–Crippen LogP) is 2.91. The lowest BCUT2D eigenvalue weighted by Crippen LogP contribution is -2.28. The maximum atomic E-state index is 11.8. The molecule has 0 aromatic rings. The lowest BCUT2D eigenvalue weighted by Gasteiger charge is -2.16. The third kappa shape index (κ3) is 3.90. The Bertz CT molecular complexity index is 274. The summed E-state index contributed by atoms with van der Waals surface area (Å²) in [5.74, 6) is 0.242. The number of rotatable bonds is 5. The van der Waals surface area contributed by atoms with E-state index >= 15 is 0 Å². The molecule has 2 heteroatoms. The summed E-state index contributed by atoms with van der Waals surface area (Å²) in [4.78, 5) is 13.7. The summed E-state index contributed by atoms with van der Waals surface area (Å²) in [6, 6.07) is 0.519. The molecule has 0 spiro atoms. The van der Waals surface area contributed by atoms with Gasteiger partial charge in [-0.05, 0) is 31.8 Å². The van der Waals surface area contributed by atoms with E-state index in [1.165, 1.54) is 12.8 Å². The molecule has 0 radical (unpaired) electrons. The zero-order chi connectivity index (χ0) is 11.3. The van der Waals surface area contributed by atoms with Crippen LogP contribution in [-0.2, 0) is 4.79 Å². The van der Waals surface area contributed by atoms with E-state index in [0.29, 0.717) is 12.5 Å². The van der Waals surface area contributed by atoms with Crippen molar-refractivity contribution in [3.63, 3.8) is 0 Å². The number of nitrogens with zero attached hydrogens (tertiary/aromatic N) is 1. The van der Waals surface area contributed by atoms with Crippen molar-refractivity contribution in [3.8, 4) is 0 Å². The fourth-order valence-corrected chi connectivity index (χ4v) is 1.49. The molecule has 0 heterocycles. The van der Waals surface area contributed by atoms with E-state index in [0.717, 1.165) is 12.0 Å². The molecule has 0 aliphatic heterocycles. The summed E-state index contributed by atoms with van der Waals surface area (Å²) in [5, 5.41) is 0. The number of carbonyl (C=O) groups excluding carboxylic acids is 1. The normalized spacial score (nSPS) is 17.1. The van der Waals surface area contributed by atoms with E-state index < -0.39 is 0 Å². The van der Waals surface area contributed by atoms with Gasteiger partial charge in [0.25, 0.3) is 0 Å². The quantitative estimate of drug-likeness (QED) is 0.635. The first-order valence-corrected chi connectivity index (χ1v) is 5.76. The Kier molecular flexibility index (Phi) is 4.60. The van der Waals surface area contributed by atoms with Gasteiger partial charge in [-0.25, -0.2) is 0 Å². The molecule has 15 heavy (non-hydrogen) atoms. The van der Waals surface area contributed by atoms with Gasteiger partial charge < -0.3 is 4.90 Å². The van der Waals surface area contributed by atoms with Crippen LogP contribution in [0.5, 0.6) is 0 Å². The van der Waals surface area contributed by atoms with Crippen molar-refractivity contribution in [3.05, 3.63) is 23.8 Å². The molecule has 1 aliphatic rings. The minimum Gasteiger partial charge on any atom is -0.342 e. The van der Waals surface area contributed by atoms with Gasteiger partial charge in [0.1, 0.15) is 0 Å². The average molecular weight is 207 g/mol. The van der Waals surface area contributed by atoms with E-state index in [9.17, 15) is 4.79 Å². The molecule has 0 aromatic heterocycles. The van der Waals surface area contributed by atoms with E-state index in [1.54, 1.807) is 0 Å². The molecule has 0 N–H and O–H groups in total. The third-order valence-corrected chi connectivity index (χ3v) is 2.78. The molecule has 84 valence electrons. The maximum absolute atomic E-state index is 11.8. The largest absolute Gasteiger partial charge is 0.342 e. The molecule has 0 unspecified atom stereocenters. The van der Waals surface area contributed by atoms with Crippen LogP contribution in [0.25, 0.3) is 0 Å². The van der Waals surface area contributed by atoms with Gasteiger partial charge in [0.15, 0.2) is 0 Å². The van der Waals surface area contributed by atoms with Gasteiger partial charge in [-0.3, -0.25) is 4.79 Å². The first-order chi connectivity index (χ1) is 7.19. The van der Waals surface area contributed by atoms with E-state index in [2.05, 4.69) is 19.1 Å². The fraction of sp³-hybridized carbons (Fsp3) is 0.615. The van der Waals surface area contributed by atoms with Gasteiger partial charge in [0, 0.05) is 13.1 Å². The van der Waals surface area contributed by atoms with E-state index in [-0.39, 0.29) is 5.91 Å². The highest BCUT2D eigenvalue weighted by atomic mass is 16.2. The number of hydrogen-bond donors (Lipinski definition) is 0. The van der Waals surface area contributed by atoms with Crippen molar-refractivity contribution in [2.24, 2.45) is 0 Å². The van der Waals surface area contributed by atoms with Gasteiger partial charge in [0.05, 0.1) is 6.42 Å². The average Bonchev–Trinajstić information content (AvgIpc) is 3.06. The first-order valence-electron chi connectivity index (χ1n) is 5.76. The monoisotopic (exact) mass is 207 g/mol. The summed E-state index contributed by atoms with van der Waals surface area (Å²) in [6.45, 7) is 4.08. The van der Waals surface area contributed by atoms with Crippen LogP contribution in [-0.4, -0.2) is 23.9 Å². The van der Waals surface area contributed by atoms with Crippen LogP contribution in [0.3, 0.4) is 0 Å². The molecule has 0 bridgehead atoms. The van der Waals surface area contributed by atoms with Gasteiger partial charge in [-0.15, -0.1) is 0 Å². The number of amides is 1. The zero-order valence-electron chi connectivity index (χ0n) is 9.99. The van der Waals surface area contributed by atoms with Crippen molar-refractivity contribution in [2.45, 2.75) is 45.6 Å². The molecule has 0 atom stereocenters. The highest BCUT2D eigenvalue weighted by Crippen LogP contribution is 2.26. The third-order valence-electron chi connectivity index (χ3n) is 2.78. The maximum Gasteiger partial charge on any atom is 0.226 e. The first kappa shape index (κ1) is 12.0. The molecule has 1 amide bonds. The number of hydrogen-bond acceptors (Lipinski definition) is 1. The van der Waals surface area contributed by atoms with Crippen LogP contribution in [0.15, 0.2) is 23.8 Å². The second-order valence-electron chi connectivity index (χ2n) is 4.09. The van der Waals surface area contributed by atoms with Crippen LogP contribution < -0.4 is 0 Å². The summed E-state index contributed by atoms with van der Waals surface area (Å²) in [5.41, 5.74) is 1.12. The molecule has 1 fully saturated rings. The summed E-state index contributed by atoms with van der Waals surface area (Å²) in [7, 11) is 1.91. The van der Waals surface area contributed by atoms with E-state index in [4.69, 9.17) is 0 Å². The van der Waals surface area contributed by atoms with Crippen molar-refractivity contribution in [1.29, 1.82) is 0 Å². The van der Waals surface area contributed by atoms with Crippen molar-refractivity contribution < 1.29 is 4.79 Å². The summed E-state index contributed by atoms with van der Waals surface area (Å²) in [6.07, 6.45) is 10.1. The Morgan fingerprint density at radius 3 is 2.60 bits per heavy atom.